The van der Waals surface area contributed by atoms with Crippen LogP contribution in [0.3, 0.4) is 0 Å². The number of anilines is 1. The van der Waals surface area contributed by atoms with Crippen LogP contribution in [0, 0.1) is 0 Å². The van der Waals surface area contributed by atoms with Crippen molar-refractivity contribution in [3.8, 4) is 11.4 Å². The number of pyridine rings is 1. The van der Waals surface area contributed by atoms with Crippen molar-refractivity contribution in [1.29, 1.82) is 0 Å². The van der Waals surface area contributed by atoms with E-state index in [0.717, 1.165) is 44.7 Å². The van der Waals surface area contributed by atoms with Crippen LogP contribution < -0.4 is 4.90 Å². The Morgan fingerprint density at radius 2 is 2.28 bits per heavy atom. The van der Waals surface area contributed by atoms with Crippen LogP contribution in [0.1, 0.15) is 19.4 Å². The third-order valence-electron chi connectivity index (χ3n) is 5.72. The predicted molar refractivity (Wildman–Crippen MR) is 125 cm³/mol. The molecule has 1 N–H and O–H groups in total. The second-order valence-corrected chi connectivity index (χ2v) is 9.53. The number of H-pyrrole nitrogens is 1. The zero-order chi connectivity index (χ0) is 22.2. The highest BCUT2D eigenvalue weighted by Crippen LogP contribution is 2.37. The molecular weight excluding hydrogens is 448 g/mol. The standard InChI is InChI=1S/C21H24N6O3S2/c1-3-26(32(28)29)10-14-12-31-18-17(14)24-20(16-5-7-23-19-15(16)4-6-22-19)25-21(18)27-8-9-30-11-13(27)2/h4-7,12-13H,3,8-11H2,1-2H3,(H,22,23)(H,28,29)/p-1/t13-/m1/s1. The van der Waals surface area contributed by atoms with Crippen molar-refractivity contribution in [1.82, 2.24) is 24.2 Å². The van der Waals surface area contributed by atoms with Crippen LogP contribution in [0.2, 0.25) is 0 Å². The fraction of sp³-hybridized carbons (Fsp3) is 0.381. The Hall–Kier alpha value is -2.44. The lowest BCUT2D eigenvalue weighted by atomic mass is 10.1. The molecule has 9 nitrogen and oxygen atoms in total. The van der Waals surface area contributed by atoms with E-state index in [1.54, 1.807) is 17.5 Å². The fourth-order valence-electron chi connectivity index (χ4n) is 4.04. The summed E-state index contributed by atoms with van der Waals surface area (Å²) in [7, 11) is 0. The molecule has 5 heterocycles. The molecule has 168 valence electrons. The summed E-state index contributed by atoms with van der Waals surface area (Å²) in [5, 5.41) is 2.94. The van der Waals surface area contributed by atoms with Crippen LogP contribution in [0.5, 0.6) is 0 Å². The van der Waals surface area contributed by atoms with E-state index in [-0.39, 0.29) is 12.6 Å². The molecule has 11 heteroatoms. The molecule has 1 unspecified atom stereocenters. The number of morpholine rings is 1. The third kappa shape index (κ3) is 3.80. The molecule has 4 aromatic rings. The summed E-state index contributed by atoms with van der Waals surface area (Å²) in [4.78, 5) is 19.7. The third-order valence-corrected chi connectivity index (χ3v) is 7.54. The number of rotatable bonds is 6. The van der Waals surface area contributed by atoms with Crippen molar-refractivity contribution >= 4 is 49.7 Å². The SMILES string of the molecule is CCN(Cc1csc2c(N3CCOC[C@H]3C)nc(-c3ccnc4[nH]ccc34)nc12)S(=O)[O-]. The summed E-state index contributed by atoms with van der Waals surface area (Å²) in [6.45, 7) is 6.63. The molecule has 0 saturated carbocycles. The van der Waals surface area contributed by atoms with Gasteiger partial charge in [0.25, 0.3) is 0 Å². The van der Waals surface area contributed by atoms with Crippen molar-refractivity contribution in [2.45, 2.75) is 26.4 Å². The number of thiophene rings is 1. The highest BCUT2D eigenvalue weighted by molar-refractivity contribution is 7.76. The average molecular weight is 472 g/mol. The summed E-state index contributed by atoms with van der Waals surface area (Å²) >= 11 is -0.740. The molecule has 1 aliphatic rings. The minimum Gasteiger partial charge on any atom is -0.760 e. The first-order valence-corrected chi connectivity index (χ1v) is 12.4. The van der Waals surface area contributed by atoms with E-state index < -0.39 is 11.3 Å². The van der Waals surface area contributed by atoms with Crippen molar-refractivity contribution in [2.24, 2.45) is 0 Å². The van der Waals surface area contributed by atoms with Gasteiger partial charge in [-0.1, -0.05) is 6.92 Å². The van der Waals surface area contributed by atoms with Gasteiger partial charge in [0.05, 0.1) is 29.5 Å². The monoisotopic (exact) mass is 471 g/mol. The Bertz CT molecular complexity index is 1290. The first kappa shape index (κ1) is 21.4. The Morgan fingerprint density at radius 3 is 3.06 bits per heavy atom. The van der Waals surface area contributed by atoms with Gasteiger partial charge in [-0.2, -0.15) is 0 Å². The minimum atomic E-state index is -2.30. The Morgan fingerprint density at radius 1 is 1.41 bits per heavy atom. The molecular formula is C21H23N6O3S2-. The molecule has 1 fully saturated rings. The number of aromatic amines is 1. The van der Waals surface area contributed by atoms with Crippen molar-refractivity contribution < 1.29 is 13.5 Å². The van der Waals surface area contributed by atoms with Crippen LogP contribution in [-0.4, -0.2) is 65.3 Å². The summed E-state index contributed by atoms with van der Waals surface area (Å²) in [5.74, 6) is 1.47. The topological polar surface area (TPSA) is 110 Å². The van der Waals surface area contributed by atoms with Crippen molar-refractivity contribution in [2.75, 3.05) is 31.2 Å². The highest BCUT2D eigenvalue weighted by Gasteiger charge is 2.26. The summed E-state index contributed by atoms with van der Waals surface area (Å²) in [5.41, 5.74) is 3.33. The molecule has 0 spiro atoms. The molecule has 1 aliphatic heterocycles. The van der Waals surface area contributed by atoms with Crippen LogP contribution in [0.15, 0.2) is 29.9 Å². The van der Waals surface area contributed by atoms with Gasteiger partial charge in [0.1, 0.15) is 5.65 Å². The van der Waals surface area contributed by atoms with Gasteiger partial charge in [-0.3, -0.25) is 4.21 Å². The number of hydrogen-bond donors (Lipinski definition) is 1. The summed E-state index contributed by atoms with van der Waals surface area (Å²) < 4.78 is 31.2. The van der Waals surface area contributed by atoms with E-state index in [2.05, 4.69) is 21.8 Å². The molecule has 0 aromatic carbocycles. The molecule has 32 heavy (non-hydrogen) atoms. The van der Waals surface area contributed by atoms with Crippen LogP contribution in [-0.2, 0) is 22.5 Å². The van der Waals surface area contributed by atoms with E-state index in [9.17, 15) is 8.76 Å². The largest absolute Gasteiger partial charge is 0.760 e. The molecule has 2 atom stereocenters. The number of nitrogens with one attached hydrogen (secondary N) is 1. The number of aromatic nitrogens is 4. The van der Waals surface area contributed by atoms with E-state index in [0.29, 0.717) is 25.6 Å². The lowest BCUT2D eigenvalue weighted by Crippen LogP contribution is -2.44. The number of hydrogen-bond acceptors (Lipinski definition) is 8. The molecule has 4 aromatic heterocycles. The van der Waals surface area contributed by atoms with Crippen molar-refractivity contribution in [3.05, 3.63) is 35.5 Å². The van der Waals surface area contributed by atoms with Crippen LogP contribution in [0.25, 0.3) is 32.6 Å². The highest BCUT2D eigenvalue weighted by atomic mass is 32.2. The van der Waals surface area contributed by atoms with Crippen LogP contribution >= 0.6 is 11.3 Å². The molecule has 0 aliphatic carbocycles. The summed E-state index contributed by atoms with van der Waals surface area (Å²) in [6, 6.07) is 4.06. The molecule has 0 radical (unpaired) electrons. The lowest BCUT2D eigenvalue weighted by molar-refractivity contribution is 0.0987. The second-order valence-electron chi connectivity index (χ2n) is 7.70. The maximum absolute atomic E-state index is 11.6. The predicted octanol–water partition coefficient (Wildman–Crippen LogP) is 3.08. The minimum absolute atomic E-state index is 0.172. The quantitative estimate of drug-likeness (QED) is 0.430. The van der Waals surface area contributed by atoms with Gasteiger partial charge in [0, 0.05) is 59.8 Å². The van der Waals surface area contributed by atoms with Gasteiger partial charge >= 0.3 is 0 Å². The molecule has 5 rings (SSSR count). The first-order chi connectivity index (χ1) is 15.6. The van der Waals surface area contributed by atoms with E-state index >= 15 is 0 Å². The Balaban J connectivity index is 1.71. The maximum atomic E-state index is 11.6. The van der Waals surface area contributed by atoms with Gasteiger partial charge in [-0.25, -0.2) is 19.3 Å². The first-order valence-electron chi connectivity index (χ1n) is 10.5. The number of fused-ring (bicyclic) bond motifs is 2. The molecule has 0 bridgehead atoms. The van der Waals surface area contributed by atoms with Gasteiger partial charge < -0.3 is 19.2 Å². The maximum Gasteiger partial charge on any atom is 0.163 e. The second kappa shape index (κ2) is 8.83. The number of nitrogens with zero attached hydrogens (tertiary/aromatic N) is 5. The van der Waals surface area contributed by atoms with Gasteiger partial charge in [0.15, 0.2) is 11.6 Å². The zero-order valence-corrected chi connectivity index (χ0v) is 19.4. The smallest absolute Gasteiger partial charge is 0.163 e. The normalized spacial score (nSPS) is 18.1. The molecule has 1 saturated heterocycles. The van der Waals surface area contributed by atoms with Crippen molar-refractivity contribution in [3.63, 3.8) is 0 Å². The zero-order valence-electron chi connectivity index (χ0n) is 17.8. The van der Waals surface area contributed by atoms with E-state index in [1.807, 2.05) is 30.6 Å². The van der Waals surface area contributed by atoms with Crippen LogP contribution in [0.4, 0.5) is 5.82 Å². The summed E-state index contributed by atoms with van der Waals surface area (Å²) in [6.07, 6.45) is 3.59. The lowest BCUT2D eigenvalue weighted by Gasteiger charge is -2.34. The average Bonchev–Trinajstić information content (AvgIpc) is 3.44. The fourth-order valence-corrected chi connectivity index (χ4v) is 5.49. The number of ether oxygens (including phenoxy) is 1. The van der Waals surface area contributed by atoms with Gasteiger partial charge in [-0.05, 0) is 24.4 Å². The molecule has 0 amide bonds. The van der Waals surface area contributed by atoms with Gasteiger partial charge in [0.2, 0.25) is 0 Å². The van der Waals surface area contributed by atoms with E-state index in [1.165, 1.54) is 4.31 Å². The Labute approximate surface area is 191 Å². The Kier molecular flexibility index (Phi) is 5.91. The van der Waals surface area contributed by atoms with E-state index in [4.69, 9.17) is 14.7 Å². The van der Waals surface area contributed by atoms with Gasteiger partial charge in [-0.15, -0.1) is 11.3 Å².